The van der Waals surface area contributed by atoms with Crippen molar-refractivity contribution in [3.8, 4) is 17.2 Å². The average Bonchev–Trinajstić information content (AvgIpc) is 2.27. The van der Waals surface area contributed by atoms with Gasteiger partial charge in [0.05, 0.1) is 0 Å². The minimum absolute atomic E-state index is 0.281. The molecule has 0 amide bonds. The topological polar surface area (TPSA) is 36.7 Å². The molecule has 2 aromatic rings. The number of pyridine rings is 1. The third-order valence-corrected chi connectivity index (χ3v) is 2.37. The van der Waals surface area contributed by atoms with E-state index in [2.05, 4.69) is 4.98 Å². The Bertz CT molecular complexity index is 595. The number of aryl methyl sites for hydroxylation is 1. The maximum absolute atomic E-state index is 13.1. The molecule has 0 N–H and O–H groups in total. The van der Waals surface area contributed by atoms with Gasteiger partial charge in [0.1, 0.15) is 23.4 Å². The van der Waals surface area contributed by atoms with E-state index in [1.165, 1.54) is 18.2 Å². The lowest BCUT2D eigenvalue weighted by Gasteiger charge is -2.05. The summed E-state index contributed by atoms with van der Waals surface area (Å²) in [6.07, 6.45) is 0. The molecule has 0 saturated carbocycles. The van der Waals surface area contributed by atoms with Gasteiger partial charge >= 0.3 is 0 Å². The first-order valence-electron chi connectivity index (χ1n) is 4.94. The summed E-state index contributed by atoms with van der Waals surface area (Å²) in [6.45, 7) is 1.69. The predicted octanol–water partition coefficient (Wildman–Crippen LogP) is 3.21. The zero-order chi connectivity index (χ0) is 12.4. The Kier molecular flexibility index (Phi) is 2.84. The third kappa shape index (κ3) is 2.28. The molecule has 4 heteroatoms. The van der Waals surface area contributed by atoms with Crippen LogP contribution in [0.1, 0.15) is 11.4 Å². The molecule has 0 saturated heterocycles. The van der Waals surface area contributed by atoms with Gasteiger partial charge in [-0.1, -0.05) is 0 Å². The van der Waals surface area contributed by atoms with E-state index in [0.29, 0.717) is 16.8 Å². The molecule has 84 valence electrons. The van der Waals surface area contributed by atoms with Gasteiger partial charge in [-0.05, 0) is 36.8 Å². The average molecular weight is 230 g/mol. The molecule has 0 unspecified atom stereocenters. The van der Waals surface area contributed by atoms with Crippen LogP contribution in [0.15, 0.2) is 30.3 Å². The Morgan fingerprint density at radius 3 is 2.29 bits per heavy atom. The van der Waals surface area contributed by atoms with Crippen molar-refractivity contribution in [3.63, 3.8) is 0 Å². The number of nitrogens with zero attached hydrogens (tertiary/aromatic N) is 2. The lowest BCUT2D eigenvalue weighted by atomic mass is 10.0. The Hall–Kier alpha value is -2.28. The Labute approximate surface area is 97.2 Å². The zero-order valence-corrected chi connectivity index (χ0v) is 9.04. The molecule has 0 fully saturated rings. The fraction of sp³-hybridized carbons (Fsp3) is 0.0769. The summed E-state index contributed by atoms with van der Waals surface area (Å²) in [7, 11) is 0. The molecule has 1 aromatic heterocycles. The molecule has 0 aliphatic rings. The fourth-order valence-corrected chi connectivity index (χ4v) is 1.64. The molecule has 0 bridgehead atoms. The summed E-state index contributed by atoms with van der Waals surface area (Å²) in [5.41, 5.74) is 1.87. The van der Waals surface area contributed by atoms with E-state index >= 15 is 0 Å². The maximum atomic E-state index is 13.1. The Balaban J connectivity index is 2.57. The van der Waals surface area contributed by atoms with Gasteiger partial charge in [0.15, 0.2) is 0 Å². The van der Waals surface area contributed by atoms with Crippen LogP contribution in [0.3, 0.4) is 0 Å². The van der Waals surface area contributed by atoms with Crippen molar-refractivity contribution in [3.05, 3.63) is 53.4 Å². The van der Waals surface area contributed by atoms with E-state index in [-0.39, 0.29) is 5.69 Å². The highest BCUT2D eigenvalue weighted by molar-refractivity contribution is 5.66. The Morgan fingerprint density at radius 2 is 1.76 bits per heavy atom. The van der Waals surface area contributed by atoms with Gasteiger partial charge in [-0.2, -0.15) is 5.26 Å². The van der Waals surface area contributed by atoms with Gasteiger partial charge in [-0.25, -0.2) is 13.8 Å². The molecule has 0 atom stereocenters. The molecule has 1 heterocycles. The van der Waals surface area contributed by atoms with Crippen LogP contribution < -0.4 is 0 Å². The van der Waals surface area contributed by atoms with Crippen molar-refractivity contribution < 1.29 is 8.78 Å². The summed E-state index contributed by atoms with van der Waals surface area (Å²) in [5, 5.41) is 8.68. The van der Waals surface area contributed by atoms with E-state index in [0.717, 1.165) is 6.07 Å². The number of benzene rings is 1. The van der Waals surface area contributed by atoms with Crippen molar-refractivity contribution in [2.45, 2.75) is 6.92 Å². The monoisotopic (exact) mass is 230 g/mol. The van der Waals surface area contributed by atoms with Crippen LogP contribution in [-0.2, 0) is 0 Å². The standard InChI is InChI=1S/C13H8F2N2/c1-8-13(3-2-12(7-16)17-8)9-4-10(14)6-11(15)5-9/h2-6H,1H3. The van der Waals surface area contributed by atoms with Crippen LogP contribution >= 0.6 is 0 Å². The van der Waals surface area contributed by atoms with E-state index < -0.39 is 11.6 Å². The molecular formula is C13H8F2N2. The number of hydrogen-bond donors (Lipinski definition) is 0. The van der Waals surface area contributed by atoms with E-state index in [1.807, 2.05) is 6.07 Å². The van der Waals surface area contributed by atoms with Gasteiger partial charge in [-0.15, -0.1) is 0 Å². The van der Waals surface area contributed by atoms with Crippen molar-refractivity contribution in [1.82, 2.24) is 4.98 Å². The number of nitriles is 1. The summed E-state index contributed by atoms with van der Waals surface area (Å²) < 4.78 is 26.2. The third-order valence-electron chi connectivity index (χ3n) is 2.37. The summed E-state index contributed by atoms with van der Waals surface area (Å²) in [5.74, 6) is -1.27. The molecule has 0 aliphatic carbocycles. The van der Waals surface area contributed by atoms with Crippen molar-refractivity contribution in [2.24, 2.45) is 0 Å². The number of halogens is 2. The fourth-order valence-electron chi connectivity index (χ4n) is 1.64. The summed E-state index contributed by atoms with van der Waals surface area (Å²) >= 11 is 0. The Morgan fingerprint density at radius 1 is 1.12 bits per heavy atom. The van der Waals surface area contributed by atoms with Crippen LogP contribution in [0, 0.1) is 29.9 Å². The lowest BCUT2D eigenvalue weighted by molar-refractivity contribution is 0.584. The minimum Gasteiger partial charge on any atom is -0.242 e. The van der Waals surface area contributed by atoms with E-state index in [1.54, 1.807) is 13.0 Å². The summed E-state index contributed by atoms with van der Waals surface area (Å²) in [4.78, 5) is 4.02. The molecule has 1 aromatic carbocycles. The molecular weight excluding hydrogens is 222 g/mol. The largest absolute Gasteiger partial charge is 0.242 e. The number of aromatic nitrogens is 1. The second-order valence-corrected chi connectivity index (χ2v) is 3.60. The van der Waals surface area contributed by atoms with E-state index in [4.69, 9.17) is 5.26 Å². The maximum Gasteiger partial charge on any atom is 0.140 e. The smallest absolute Gasteiger partial charge is 0.140 e. The highest BCUT2D eigenvalue weighted by Crippen LogP contribution is 2.24. The van der Waals surface area contributed by atoms with Gasteiger partial charge in [0.2, 0.25) is 0 Å². The summed E-state index contributed by atoms with van der Waals surface area (Å²) in [6, 6.07) is 8.35. The van der Waals surface area contributed by atoms with Crippen LogP contribution in [0.5, 0.6) is 0 Å². The highest BCUT2D eigenvalue weighted by atomic mass is 19.1. The lowest BCUT2D eigenvalue weighted by Crippen LogP contribution is -1.92. The first-order chi connectivity index (χ1) is 8.10. The molecule has 0 spiro atoms. The molecule has 2 nitrogen and oxygen atoms in total. The van der Waals surface area contributed by atoms with Crippen LogP contribution in [0.2, 0.25) is 0 Å². The number of rotatable bonds is 1. The quantitative estimate of drug-likeness (QED) is 0.754. The minimum atomic E-state index is -0.635. The SMILES string of the molecule is Cc1nc(C#N)ccc1-c1cc(F)cc(F)c1. The van der Waals surface area contributed by atoms with E-state index in [9.17, 15) is 8.78 Å². The van der Waals surface area contributed by atoms with Crippen LogP contribution in [-0.4, -0.2) is 4.98 Å². The molecule has 0 aliphatic heterocycles. The van der Waals surface area contributed by atoms with Gasteiger partial charge in [0, 0.05) is 17.3 Å². The van der Waals surface area contributed by atoms with Gasteiger partial charge in [-0.3, -0.25) is 0 Å². The van der Waals surface area contributed by atoms with Gasteiger partial charge < -0.3 is 0 Å². The van der Waals surface area contributed by atoms with Crippen LogP contribution in [0.4, 0.5) is 8.78 Å². The molecule has 17 heavy (non-hydrogen) atoms. The second kappa shape index (κ2) is 4.30. The normalized spacial score (nSPS) is 10.0. The molecule has 0 radical (unpaired) electrons. The predicted molar refractivity (Wildman–Crippen MR) is 59.0 cm³/mol. The second-order valence-electron chi connectivity index (χ2n) is 3.60. The molecule has 2 rings (SSSR count). The zero-order valence-electron chi connectivity index (χ0n) is 9.04. The van der Waals surface area contributed by atoms with Crippen molar-refractivity contribution >= 4 is 0 Å². The van der Waals surface area contributed by atoms with Crippen LogP contribution in [0.25, 0.3) is 11.1 Å². The van der Waals surface area contributed by atoms with Gasteiger partial charge in [0.25, 0.3) is 0 Å². The number of hydrogen-bond acceptors (Lipinski definition) is 2. The van der Waals surface area contributed by atoms with Crippen molar-refractivity contribution in [1.29, 1.82) is 5.26 Å². The highest BCUT2D eigenvalue weighted by Gasteiger charge is 2.07. The first-order valence-corrected chi connectivity index (χ1v) is 4.94. The van der Waals surface area contributed by atoms with Crippen molar-refractivity contribution in [2.75, 3.05) is 0 Å². The first kappa shape index (κ1) is 11.2.